The number of nitrogens with one attached hydrogen (secondary N) is 1. The zero-order valence-electron chi connectivity index (χ0n) is 13.3. The molecule has 0 spiro atoms. The normalized spacial score (nSPS) is 20.1. The van der Waals surface area contributed by atoms with Gasteiger partial charge in [0.05, 0.1) is 13.2 Å². The first kappa shape index (κ1) is 14.5. The summed E-state index contributed by atoms with van der Waals surface area (Å²) in [6, 6.07) is 10.2. The number of ether oxygens (including phenoxy) is 1. The molecule has 120 valence electrons. The summed E-state index contributed by atoms with van der Waals surface area (Å²) in [5.74, 6) is 0.516. The summed E-state index contributed by atoms with van der Waals surface area (Å²) in [5, 5.41) is 7.17. The van der Waals surface area contributed by atoms with E-state index in [4.69, 9.17) is 4.74 Å². The third kappa shape index (κ3) is 2.88. The SMILES string of the molecule is CN(C[C@H]1OCCc2ccccc21)C(=O)c1cc(C2CC2)[nH]n1. The molecule has 1 aromatic carbocycles. The van der Waals surface area contributed by atoms with Gasteiger partial charge in [0.15, 0.2) is 0 Å². The van der Waals surface area contributed by atoms with Crippen LogP contribution in [0.25, 0.3) is 0 Å². The topological polar surface area (TPSA) is 58.2 Å². The average Bonchev–Trinajstić information content (AvgIpc) is 3.32. The van der Waals surface area contributed by atoms with Crippen molar-refractivity contribution in [2.45, 2.75) is 31.3 Å². The van der Waals surface area contributed by atoms with Crippen LogP contribution < -0.4 is 0 Å². The van der Waals surface area contributed by atoms with Crippen molar-refractivity contribution < 1.29 is 9.53 Å². The number of likely N-dealkylation sites (N-methyl/N-ethyl adjacent to an activating group) is 1. The Morgan fingerprint density at radius 2 is 2.22 bits per heavy atom. The van der Waals surface area contributed by atoms with E-state index in [0.29, 0.717) is 24.8 Å². The molecule has 2 heterocycles. The van der Waals surface area contributed by atoms with Gasteiger partial charge in [-0.15, -0.1) is 0 Å². The lowest BCUT2D eigenvalue weighted by atomic mass is 9.97. The molecule has 0 radical (unpaired) electrons. The summed E-state index contributed by atoms with van der Waals surface area (Å²) in [5.41, 5.74) is 4.10. The van der Waals surface area contributed by atoms with Crippen LogP contribution in [0.15, 0.2) is 30.3 Å². The highest BCUT2D eigenvalue weighted by atomic mass is 16.5. The molecule has 2 aliphatic rings. The van der Waals surface area contributed by atoms with Crippen LogP contribution in [0.1, 0.15) is 52.2 Å². The number of rotatable bonds is 4. The molecule has 1 aliphatic heterocycles. The summed E-state index contributed by atoms with van der Waals surface area (Å²) in [6.45, 7) is 1.25. The Hall–Kier alpha value is -2.14. The quantitative estimate of drug-likeness (QED) is 0.944. The minimum absolute atomic E-state index is 0.0557. The Balaban J connectivity index is 1.47. The van der Waals surface area contributed by atoms with Gasteiger partial charge in [0.1, 0.15) is 11.8 Å². The highest BCUT2D eigenvalue weighted by molar-refractivity contribution is 5.92. The average molecular weight is 311 g/mol. The minimum Gasteiger partial charge on any atom is -0.371 e. The Kier molecular flexibility index (Phi) is 3.65. The third-order valence-corrected chi connectivity index (χ3v) is 4.71. The summed E-state index contributed by atoms with van der Waals surface area (Å²) in [6.07, 6.45) is 3.27. The fourth-order valence-electron chi connectivity index (χ4n) is 3.20. The molecule has 1 saturated carbocycles. The number of aromatic nitrogens is 2. The van der Waals surface area contributed by atoms with Crippen molar-refractivity contribution in [3.8, 4) is 0 Å². The van der Waals surface area contributed by atoms with Gasteiger partial charge in [-0.2, -0.15) is 5.10 Å². The number of fused-ring (bicyclic) bond motifs is 1. The lowest BCUT2D eigenvalue weighted by Gasteiger charge is -2.29. The van der Waals surface area contributed by atoms with Gasteiger partial charge in [-0.1, -0.05) is 24.3 Å². The number of H-pyrrole nitrogens is 1. The van der Waals surface area contributed by atoms with E-state index in [1.54, 1.807) is 4.90 Å². The fourth-order valence-corrected chi connectivity index (χ4v) is 3.20. The van der Waals surface area contributed by atoms with Crippen LogP contribution in [-0.4, -0.2) is 41.2 Å². The monoisotopic (exact) mass is 311 g/mol. The molecule has 1 atom stereocenters. The molecule has 5 heteroatoms. The van der Waals surface area contributed by atoms with E-state index >= 15 is 0 Å². The van der Waals surface area contributed by atoms with Gasteiger partial charge in [0.25, 0.3) is 5.91 Å². The molecule has 1 fully saturated rings. The molecule has 1 N–H and O–H groups in total. The number of carbonyl (C=O) groups excluding carboxylic acids is 1. The molecule has 1 amide bonds. The van der Waals surface area contributed by atoms with Gasteiger partial charge in [0, 0.05) is 18.7 Å². The zero-order valence-corrected chi connectivity index (χ0v) is 13.3. The predicted molar refractivity (Wildman–Crippen MR) is 86.4 cm³/mol. The van der Waals surface area contributed by atoms with Crippen LogP contribution in [0, 0.1) is 0 Å². The largest absolute Gasteiger partial charge is 0.371 e. The van der Waals surface area contributed by atoms with E-state index in [1.807, 2.05) is 19.2 Å². The van der Waals surface area contributed by atoms with Crippen molar-refractivity contribution in [2.75, 3.05) is 20.2 Å². The summed E-state index contributed by atoms with van der Waals surface area (Å²) < 4.78 is 5.89. The minimum atomic E-state index is -0.0595. The van der Waals surface area contributed by atoms with Crippen LogP contribution in [0.2, 0.25) is 0 Å². The molecule has 4 rings (SSSR count). The molecule has 0 saturated heterocycles. The first-order valence-electron chi connectivity index (χ1n) is 8.22. The highest BCUT2D eigenvalue weighted by Gasteiger charge is 2.28. The molecular formula is C18H21N3O2. The van der Waals surface area contributed by atoms with E-state index in [1.165, 1.54) is 24.0 Å². The second-order valence-corrected chi connectivity index (χ2v) is 6.48. The fraction of sp³-hybridized carbons (Fsp3) is 0.444. The first-order valence-corrected chi connectivity index (χ1v) is 8.22. The van der Waals surface area contributed by atoms with Crippen molar-refractivity contribution >= 4 is 5.91 Å². The number of hydrogen-bond acceptors (Lipinski definition) is 3. The lowest BCUT2D eigenvalue weighted by molar-refractivity contribution is 0.0198. The molecule has 1 aliphatic carbocycles. The molecule has 23 heavy (non-hydrogen) atoms. The maximum Gasteiger partial charge on any atom is 0.274 e. The maximum atomic E-state index is 12.6. The summed E-state index contributed by atoms with van der Waals surface area (Å²) in [7, 11) is 1.81. The standard InChI is InChI=1S/C18H21N3O2/c1-21(18(22)16-10-15(19-20-16)13-6-7-13)11-17-14-5-3-2-4-12(14)8-9-23-17/h2-5,10,13,17H,6-9,11H2,1H3,(H,19,20)/t17-/m1/s1. The van der Waals surface area contributed by atoms with E-state index < -0.39 is 0 Å². The Morgan fingerprint density at radius 1 is 1.39 bits per heavy atom. The molecule has 5 nitrogen and oxygen atoms in total. The molecule has 2 aromatic rings. The Labute approximate surface area is 135 Å². The van der Waals surface area contributed by atoms with E-state index in [9.17, 15) is 4.79 Å². The second-order valence-electron chi connectivity index (χ2n) is 6.48. The van der Waals surface area contributed by atoms with Crippen molar-refractivity contribution in [1.29, 1.82) is 0 Å². The van der Waals surface area contributed by atoms with Gasteiger partial charge in [-0.3, -0.25) is 9.89 Å². The van der Waals surface area contributed by atoms with Gasteiger partial charge < -0.3 is 9.64 Å². The van der Waals surface area contributed by atoms with Crippen LogP contribution >= 0.6 is 0 Å². The number of aromatic amines is 1. The number of amides is 1. The van der Waals surface area contributed by atoms with Crippen LogP contribution in [0.4, 0.5) is 0 Å². The summed E-state index contributed by atoms with van der Waals surface area (Å²) in [4.78, 5) is 14.3. The number of carbonyl (C=O) groups is 1. The van der Waals surface area contributed by atoms with E-state index in [-0.39, 0.29) is 12.0 Å². The highest BCUT2D eigenvalue weighted by Crippen LogP contribution is 2.39. The zero-order chi connectivity index (χ0) is 15.8. The smallest absolute Gasteiger partial charge is 0.274 e. The maximum absolute atomic E-state index is 12.6. The number of benzene rings is 1. The number of nitrogens with zero attached hydrogens (tertiary/aromatic N) is 2. The van der Waals surface area contributed by atoms with Crippen molar-refractivity contribution in [3.05, 3.63) is 52.8 Å². The second kappa shape index (κ2) is 5.81. The van der Waals surface area contributed by atoms with Crippen molar-refractivity contribution in [2.24, 2.45) is 0 Å². The molecule has 1 aromatic heterocycles. The molecule has 0 bridgehead atoms. The molecular weight excluding hydrogens is 290 g/mol. The lowest BCUT2D eigenvalue weighted by Crippen LogP contribution is -2.34. The Bertz CT molecular complexity index is 721. The van der Waals surface area contributed by atoms with Crippen molar-refractivity contribution in [1.82, 2.24) is 15.1 Å². The van der Waals surface area contributed by atoms with Gasteiger partial charge in [-0.05, 0) is 36.5 Å². The number of hydrogen-bond donors (Lipinski definition) is 1. The van der Waals surface area contributed by atoms with Gasteiger partial charge in [0.2, 0.25) is 0 Å². The van der Waals surface area contributed by atoms with Crippen LogP contribution in [0.5, 0.6) is 0 Å². The summed E-state index contributed by atoms with van der Waals surface area (Å²) >= 11 is 0. The van der Waals surface area contributed by atoms with Crippen LogP contribution in [-0.2, 0) is 11.2 Å². The third-order valence-electron chi connectivity index (χ3n) is 4.71. The Morgan fingerprint density at radius 3 is 3.04 bits per heavy atom. The first-order chi connectivity index (χ1) is 11.2. The van der Waals surface area contributed by atoms with Gasteiger partial charge >= 0.3 is 0 Å². The van der Waals surface area contributed by atoms with E-state index in [0.717, 1.165) is 12.1 Å². The molecule has 0 unspecified atom stereocenters. The van der Waals surface area contributed by atoms with Crippen molar-refractivity contribution in [3.63, 3.8) is 0 Å². The van der Waals surface area contributed by atoms with Gasteiger partial charge in [-0.25, -0.2) is 0 Å². The van der Waals surface area contributed by atoms with Crippen LogP contribution in [0.3, 0.4) is 0 Å². The predicted octanol–water partition coefficient (Wildman–Crippen LogP) is 2.67. The van der Waals surface area contributed by atoms with E-state index in [2.05, 4.69) is 28.4 Å².